The second-order valence-electron chi connectivity index (χ2n) is 3.37. The molecular formula is C12H14N2O4. The maximum Gasteiger partial charge on any atom is 0.328 e. The van der Waals surface area contributed by atoms with Crippen LogP contribution in [0, 0.1) is 0 Å². The first-order valence-electron chi connectivity index (χ1n) is 5.46. The molecule has 0 spiro atoms. The lowest BCUT2D eigenvalue weighted by Crippen LogP contribution is -2.32. The number of aromatic nitrogens is 2. The van der Waals surface area contributed by atoms with Crippen LogP contribution in [0.4, 0.5) is 0 Å². The third-order valence-electron chi connectivity index (χ3n) is 2.38. The summed E-state index contributed by atoms with van der Waals surface area (Å²) in [5.74, 6) is -0.272. The van der Waals surface area contributed by atoms with Crippen molar-refractivity contribution in [2.45, 2.75) is 13.8 Å². The third kappa shape index (κ3) is 2.17. The average molecular weight is 250 g/mol. The number of phenols is 1. The van der Waals surface area contributed by atoms with Gasteiger partial charge < -0.3 is 10.1 Å². The molecule has 0 radical (unpaired) electrons. The summed E-state index contributed by atoms with van der Waals surface area (Å²) in [6.45, 7) is 4.00. The van der Waals surface area contributed by atoms with Gasteiger partial charge in [0.05, 0.1) is 16.5 Å². The number of aromatic amines is 1. The van der Waals surface area contributed by atoms with Crippen molar-refractivity contribution in [3.8, 4) is 5.75 Å². The predicted molar refractivity (Wildman–Crippen MR) is 68.2 cm³/mol. The minimum Gasteiger partial charge on any atom is -0.507 e. The van der Waals surface area contributed by atoms with Gasteiger partial charge in [0.1, 0.15) is 5.75 Å². The standard InChI is InChI=1S/C10H8N2O4.C2H6/c1-12-9(15)6-2-5(4-13)8(14)3-7(6)11-10(12)16;1-2/h2-4,14H,1H3,(H,11,16);1-2H3. The number of rotatable bonds is 1. The second kappa shape index (κ2) is 5.31. The van der Waals surface area contributed by atoms with Gasteiger partial charge in [-0.3, -0.25) is 14.2 Å². The van der Waals surface area contributed by atoms with Crippen LogP contribution in [0.15, 0.2) is 21.7 Å². The predicted octanol–water partition coefficient (Wildman–Crippen LogP) is 0.771. The summed E-state index contributed by atoms with van der Waals surface area (Å²) in [6.07, 6.45) is 0.444. The Bertz CT molecular complexity index is 698. The lowest BCUT2D eigenvalue weighted by Gasteiger charge is -2.03. The van der Waals surface area contributed by atoms with E-state index in [0.717, 1.165) is 4.57 Å². The van der Waals surface area contributed by atoms with Crippen LogP contribution >= 0.6 is 0 Å². The molecule has 6 heteroatoms. The van der Waals surface area contributed by atoms with E-state index in [9.17, 15) is 19.5 Å². The van der Waals surface area contributed by atoms with Gasteiger partial charge in [-0.05, 0) is 6.07 Å². The first-order chi connectivity index (χ1) is 8.54. The lowest BCUT2D eigenvalue weighted by atomic mass is 10.1. The molecule has 1 heterocycles. The van der Waals surface area contributed by atoms with Crippen molar-refractivity contribution in [3.05, 3.63) is 38.5 Å². The Morgan fingerprint density at radius 2 is 1.89 bits per heavy atom. The molecule has 0 aliphatic rings. The molecule has 18 heavy (non-hydrogen) atoms. The van der Waals surface area contributed by atoms with E-state index in [0.29, 0.717) is 6.29 Å². The number of hydrogen-bond acceptors (Lipinski definition) is 4. The molecule has 0 saturated heterocycles. The highest BCUT2D eigenvalue weighted by Gasteiger charge is 2.08. The molecule has 0 amide bonds. The fourth-order valence-corrected chi connectivity index (χ4v) is 1.45. The van der Waals surface area contributed by atoms with E-state index in [4.69, 9.17) is 0 Å². The number of aromatic hydroxyl groups is 1. The monoisotopic (exact) mass is 250 g/mol. The Hall–Kier alpha value is -2.37. The van der Waals surface area contributed by atoms with Crippen LogP contribution in [0.1, 0.15) is 24.2 Å². The highest BCUT2D eigenvalue weighted by molar-refractivity contribution is 5.89. The largest absolute Gasteiger partial charge is 0.507 e. The molecule has 2 aromatic rings. The molecule has 1 aromatic carbocycles. The van der Waals surface area contributed by atoms with Crippen molar-refractivity contribution in [2.75, 3.05) is 0 Å². The molecule has 0 aliphatic carbocycles. The molecule has 0 aliphatic heterocycles. The maximum absolute atomic E-state index is 11.7. The summed E-state index contributed by atoms with van der Waals surface area (Å²) in [7, 11) is 1.33. The molecule has 6 nitrogen and oxygen atoms in total. The van der Waals surface area contributed by atoms with Crippen molar-refractivity contribution in [1.29, 1.82) is 0 Å². The van der Waals surface area contributed by atoms with Crippen LogP contribution < -0.4 is 11.2 Å². The molecular weight excluding hydrogens is 236 g/mol. The Labute approximate surface area is 103 Å². The van der Waals surface area contributed by atoms with Crippen molar-refractivity contribution in [2.24, 2.45) is 7.05 Å². The van der Waals surface area contributed by atoms with Crippen LogP contribution in [-0.2, 0) is 7.05 Å². The molecule has 0 unspecified atom stereocenters. The van der Waals surface area contributed by atoms with Gasteiger partial charge >= 0.3 is 5.69 Å². The number of fused-ring (bicyclic) bond motifs is 1. The van der Waals surface area contributed by atoms with Crippen molar-refractivity contribution >= 4 is 17.2 Å². The fourth-order valence-electron chi connectivity index (χ4n) is 1.45. The summed E-state index contributed by atoms with van der Waals surface area (Å²) in [4.78, 5) is 36.0. The molecule has 2 N–H and O–H groups in total. The number of H-pyrrole nitrogens is 1. The Morgan fingerprint density at radius 3 is 2.44 bits per heavy atom. The van der Waals surface area contributed by atoms with Crippen molar-refractivity contribution < 1.29 is 9.90 Å². The highest BCUT2D eigenvalue weighted by atomic mass is 16.3. The van der Waals surface area contributed by atoms with E-state index >= 15 is 0 Å². The minimum atomic E-state index is -0.573. The summed E-state index contributed by atoms with van der Waals surface area (Å²) >= 11 is 0. The van der Waals surface area contributed by atoms with E-state index in [1.54, 1.807) is 0 Å². The normalized spacial score (nSPS) is 9.72. The van der Waals surface area contributed by atoms with Crippen LogP contribution in [-0.4, -0.2) is 20.9 Å². The van der Waals surface area contributed by atoms with Gasteiger partial charge in [0.25, 0.3) is 5.56 Å². The maximum atomic E-state index is 11.7. The molecule has 0 fully saturated rings. The van der Waals surface area contributed by atoms with E-state index < -0.39 is 11.2 Å². The van der Waals surface area contributed by atoms with E-state index in [1.807, 2.05) is 13.8 Å². The van der Waals surface area contributed by atoms with Gasteiger partial charge in [-0.15, -0.1) is 0 Å². The van der Waals surface area contributed by atoms with E-state index in [-0.39, 0.29) is 22.2 Å². The number of nitrogens with one attached hydrogen (secondary N) is 1. The third-order valence-corrected chi connectivity index (χ3v) is 2.38. The molecule has 2 rings (SSSR count). The Morgan fingerprint density at radius 1 is 1.28 bits per heavy atom. The number of hydrogen-bond donors (Lipinski definition) is 2. The number of phenolic OH excluding ortho intramolecular Hbond substituents is 1. The molecule has 0 saturated carbocycles. The van der Waals surface area contributed by atoms with E-state index in [1.165, 1.54) is 19.2 Å². The Balaban J connectivity index is 0.000000771. The zero-order valence-corrected chi connectivity index (χ0v) is 10.4. The summed E-state index contributed by atoms with van der Waals surface area (Å²) in [5.41, 5.74) is -0.870. The highest BCUT2D eigenvalue weighted by Crippen LogP contribution is 2.19. The molecule has 0 bridgehead atoms. The van der Waals surface area contributed by atoms with Crippen LogP contribution in [0.3, 0.4) is 0 Å². The first-order valence-corrected chi connectivity index (χ1v) is 5.46. The van der Waals surface area contributed by atoms with Crippen molar-refractivity contribution in [3.63, 3.8) is 0 Å². The van der Waals surface area contributed by atoms with Gasteiger partial charge in [0.15, 0.2) is 6.29 Å². The number of aldehydes is 1. The van der Waals surface area contributed by atoms with Gasteiger partial charge in [-0.25, -0.2) is 4.79 Å². The smallest absolute Gasteiger partial charge is 0.328 e. The number of nitrogens with zero attached hydrogens (tertiary/aromatic N) is 1. The Kier molecular flexibility index (Phi) is 4.04. The first kappa shape index (κ1) is 13.7. The molecule has 96 valence electrons. The van der Waals surface area contributed by atoms with Crippen molar-refractivity contribution in [1.82, 2.24) is 9.55 Å². The minimum absolute atomic E-state index is 0.0108. The van der Waals surface area contributed by atoms with Crippen LogP contribution in [0.2, 0.25) is 0 Å². The zero-order valence-electron chi connectivity index (χ0n) is 10.4. The van der Waals surface area contributed by atoms with Gasteiger partial charge in [-0.2, -0.15) is 0 Å². The van der Waals surface area contributed by atoms with Gasteiger partial charge in [0, 0.05) is 13.1 Å². The van der Waals surface area contributed by atoms with Gasteiger partial charge in [0.2, 0.25) is 0 Å². The van der Waals surface area contributed by atoms with Crippen LogP contribution in [0.25, 0.3) is 10.9 Å². The summed E-state index contributed by atoms with van der Waals surface area (Å²) in [5, 5.41) is 9.58. The summed E-state index contributed by atoms with van der Waals surface area (Å²) in [6, 6.07) is 2.43. The fraction of sp³-hybridized carbons (Fsp3) is 0.250. The van der Waals surface area contributed by atoms with Gasteiger partial charge in [-0.1, -0.05) is 13.8 Å². The lowest BCUT2D eigenvalue weighted by molar-refractivity contribution is 0.112. The second-order valence-corrected chi connectivity index (χ2v) is 3.37. The molecule has 1 aromatic heterocycles. The zero-order chi connectivity index (χ0) is 13.9. The topological polar surface area (TPSA) is 92.2 Å². The average Bonchev–Trinajstić information content (AvgIpc) is 2.38. The molecule has 0 atom stereocenters. The summed E-state index contributed by atoms with van der Waals surface area (Å²) < 4.78 is 0.897. The SMILES string of the molecule is CC.Cn1c(=O)[nH]c2cc(O)c(C=O)cc2c1=O. The van der Waals surface area contributed by atoms with E-state index in [2.05, 4.69) is 4.98 Å². The quantitative estimate of drug-likeness (QED) is 0.731. The number of carbonyl (C=O) groups excluding carboxylic acids is 1. The number of benzene rings is 1. The van der Waals surface area contributed by atoms with Crippen LogP contribution in [0.5, 0.6) is 5.75 Å². The number of carbonyl (C=O) groups is 1.